The van der Waals surface area contributed by atoms with Gasteiger partial charge in [-0.2, -0.15) is 22.0 Å². The van der Waals surface area contributed by atoms with Crippen LogP contribution in [0.2, 0.25) is 5.02 Å². The lowest BCUT2D eigenvalue weighted by molar-refractivity contribution is -0.139. The van der Waals surface area contributed by atoms with Crippen LogP contribution >= 0.6 is 11.6 Å². The maximum absolute atomic E-state index is 14.3. The molecule has 2 heterocycles. The third-order valence-corrected chi connectivity index (χ3v) is 5.32. The van der Waals surface area contributed by atoms with E-state index in [1.807, 2.05) is 0 Å². The summed E-state index contributed by atoms with van der Waals surface area (Å²) in [7, 11) is 0. The van der Waals surface area contributed by atoms with Gasteiger partial charge in [-0.3, -0.25) is 14.2 Å². The van der Waals surface area contributed by atoms with E-state index in [2.05, 4.69) is 19.8 Å². The molecule has 0 aliphatic rings. The van der Waals surface area contributed by atoms with Crippen molar-refractivity contribution >= 4 is 17.3 Å². The zero-order chi connectivity index (χ0) is 27.9. The van der Waals surface area contributed by atoms with Crippen LogP contribution < -0.4 is 15.9 Å². The molecule has 0 fully saturated rings. The summed E-state index contributed by atoms with van der Waals surface area (Å²) in [5.41, 5.74) is -6.44. The molecule has 2 aromatic heterocycles. The third kappa shape index (κ3) is 5.43. The van der Waals surface area contributed by atoms with E-state index in [0.717, 1.165) is 0 Å². The van der Waals surface area contributed by atoms with E-state index in [-0.39, 0.29) is 23.1 Å². The number of nitrogens with one attached hydrogen (secondary N) is 1. The summed E-state index contributed by atoms with van der Waals surface area (Å²) in [6.07, 6.45) is -9.00. The Balaban J connectivity index is 2.27. The van der Waals surface area contributed by atoms with E-state index in [9.17, 15) is 40.3 Å². The maximum atomic E-state index is 14.3. The minimum atomic E-state index is -5.08. The highest BCUT2D eigenvalue weighted by Crippen LogP contribution is 2.44. The molecule has 37 heavy (non-hydrogen) atoms. The van der Waals surface area contributed by atoms with Crippen LogP contribution in [0, 0.1) is 20.4 Å². The smallest absolute Gasteiger partial charge is 0.415 e. The van der Waals surface area contributed by atoms with Crippen molar-refractivity contribution in [3.05, 3.63) is 83.9 Å². The predicted molar refractivity (Wildman–Crippen MR) is 115 cm³/mol. The number of aromatic nitrogens is 4. The van der Waals surface area contributed by atoms with Gasteiger partial charge in [0.2, 0.25) is 11.4 Å². The number of benzene rings is 1. The van der Waals surface area contributed by atoms with Crippen molar-refractivity contribution in [1.29, 1.82) is 0 Å². The Morgan fingerprint density at radius 2 is 1.84 bits per heavy atom. The van der Waals surface area contributed by atoms with E-state index < -0.39 is 69.7 Å². The molecule has 0 saturated carbocycles. The summed E-state index contributed by atoms with van der Waals surface area (Å²) < 4.78 is 100. The van der Waals surface area contributed by atoms with E-state index in [4.69, 9.17) is 22.9 Å². The van der Waals surface area contributed by atoms with Gasteiger partial charge in [0, 0.05) is 11.3 Å². The minimum Gasteiger partial charge on any atom is -0.449 e. The molecule has 0 amide bonds. The fourth-order valence-electron chi connectivity index (χ4n) is 3.14. The highest BCUT2D eigenvalue weighted by Gasteiger charge is 2.48. The first-order chi connectivity index (χ1) is 17.1. The summed E-state index contributed by atoms with van der Waals surface area (Å²) in [6, 6.07) is 0.550. The van der Waals surface area contributed by atoms with E-state index >= 15 is 0 Å². The SMILES string of the molecule is [C-]#[N+]c1cc(C(F)(F)F)cc(Oc2c(C(F)(F)C(F)F)ncn(Cc3c(C)nc(C)[nH]c3=O)c2=O)c1Cl. The lowest BCUT2D eigenvalue weighted by Gasteiger charge is -2.20. The van der Waals surface area contributed by atoms with Gasteiger partial charge >= 0.3 is 18.5 Å². The average molecular weight is 552 g/mol. The largest absolute Gasteiger partial charge is 0.449 e. The Kier molecular flexibility index (Phi) is 7.36. The zero-order valence-corrected chi connectivity index (χ0v) is 19.3. The number of hydrogen-bond donors (Lipinski definition) is 1. The van der Waals surface area contributed by atoms with Gasteiger partial charge in [-0.15, -0.1) is 0 Å². The van der Waals surface area contributed by atoms with Gasteiger partial charge < -0.3 is 9.72 Å². The molecule has 0 spiro atoms. The highest BCUT2D eigenvalue weighted by molar-refractivity contribution is 6.34. The monoisotopic (exact) mass is 551 g/mol. The van der Waals surface area contributed by atoms with Crippen LogP contribution in [0.4, 0.5) is 36.4 Å². The lowest BCUT2D eigenvalue weighted by atomic mass is 10.1. The number of aromatic amines is 1. The van der Waals surface area contributed by atoms with Crippen LogP contribution in [-0.2, 0) is 18.6 Å². The predicted octanol–water partition coefficient (Wildman–Crippen LogP) is 5.36. The Morgan fingerprint density at radius 1 is 1.19 bits per heavy atom. The molecular formula is C21H13ClF7N5O3. The molecule has 196 valence electrons. The molecule has 3 rings (SSSR count). The van der Waals surface area contributed by atoms with E-state index in [0.29, 0.717) is 17.0 Å². The molecule has 0 atom stereocenters. The van der Waals surface area contributed by atoms with Gasteiger partial charge in [0.05, 0.1) is 30.0 Å². The van der Waals surface area contributed by atoms with Crippen LogP contribution in [0.25, 0.3) is 4.85 Å². The zero-order valence-electron chi connectivity index (χ0n) is 18.6. The van der Waals surface area contributed by atoms with Gasteiger partial charge in [-0.1, -0.05) is 11.6 Å². The number of nitrogens with zero attached hydrogens (tertiary/aromatic N) is 4. The molecule has 0 unspecified atom stereocenters. The van der Waals surface area contributed by atoms with Crippen molar-refractivity contribution < 1.29 is 35.5 Å². The third-order valence-electron chi connectivity index (χ3n) is 4.94. The number of ether oxygens (including phenoxy) is 1. The van der Waals surface area contributed by atoms with Crippen LogP contribution in [0.15, 0.2) is 28.0 Å². The number of halogens is 8. The highest BCUT2D eigenvalue weighted by atomic mass is 35.5. The average Bonchev–Trinajstić information content (AvgIpc) is 2.78. The summed E-state index contributed by atoms with van der Waals surface area (Å²) in [6.45, 7) is 9.23. The molecule has 3 aromatic rings. The Hall–Kier alpha value is -3.93. The summed E-state index contributed by atoms with van der Waals surface area (Å²) in [4.78, 5) is 37.7. The molecule has 8 nitrogen and oxygen atoms in total. The number of hydrogen-bond acceptors (Lipinski definition) is 5. The number of alkyl halides is 7. The first-order valence-electron chi connectivity index (χ1n) is 9.86. The molecule has 0 bridgehead atoms. The van der Waals surface area contributed by atoms with Gasteiger partial charge in [0.15, 0.2) is 5.69 Å². The van der Waals surface area contributed by atoms with E-state index in [1.54, 1.807) is 0 Å². The van der Waals surface area contributed by atoms with Crippen molar-refractivity contribution in [1.82, 2.24) is 19.5 Å². The number of aryl methyl sites for hydroxylation is 2. The van der Waals surface area contributed by atoms with Crippen LogP contribution in [0.5, 0.6) is 11.5 Å². The van der Waals surface area contributed by atoms with Gasteiger partial charge in [0.25, 0.3) is 11.1 Å². The molecule has 1 aromatic carbocycles. The quantitative estimate of drug-likeness (QED) is 0.329. The van der Waals surface area contributed by atoms with Crippen molar-refractivity contribution in [2.24, 2.45) is 0 Å². The lowest BCUT2D eigenvalue weighted by Crippen LogP contribution is -2.33. The molecule has 1 N–H and O–H groups in total. The van der Waals surface area contributed by atoms with Crippen LogP contribution in [0.1, 0.15) is 28.3 Å². The second-order valence-electron chi connectivity index (χ2n) is 7.51. The fourth-order valence-corrected chi connectivity index (χ4v) is 3.33. The normalized spacial score (nSPS) is 12.1. The number of rotatable bonds is 6. The second-order valence-corrected chi connectivity index (χ2v) is 7.89. The summed E-state index contributed by atoms with van der Waals surface area (Å²) in [5.74, 6) is -7.53. The molecular weight excluding hydrogens is 539 g/mol. The first kappa shape index (κ1) is 27.7. The summed E-state index contributed by atoms with van der Waals surface area (Å²) in [5, 5.41) is -0.806. The molecule has 0 saturated heterocycles. The Labute approximate surface area is 207 Å². The first-order valence-corrected chi connectivity index (χ1v) is 10.2. The second kappa shape index (κ2) is 9.85. The molecule has 0 aliphatic carbocycles. The van der Waals surface area contributed by atoms with Crippen molar-refractivity contribution in [2.75, 3.05) is 0 Å². The number of H-pyrrole nitrogens is 1. The van der Waals surface area contributed by atoms with Gasteiger partial charge in [-0.05, 0) is 26.0 Å². The van der Waals surface area contributed by atoms with Crippen LogP contribution in [-0.4, -0.2) is 25.9 Å². The molecule has 0 aliphatic heterocycles. The standard InChI is InChI=1S/C21H13ClF7N5O3/c1-8-11(17(35)33-9(2)32-8)6-34-7-31-16(20(25,26)19(23)24)15(18(34)36)37-13-5-10(21(27,28)29)4-12(30-3)14(13)22/h4-5,7,19H,6H2,1-2H3,(H,32,33,35). The topological polar surface area (TPSA) is 94.2 Å². The van der Waals surface area contributed by atoms with Crippen molar-refractivity contribution in [3.8, 4) is 11.5 Å². The summed E-state index contributed by atoms with van der Waals surface area (Å²) >= 11 is 5.86. The minimum absolute atomic E-state index is 0.124. The Bertz CT molecular complexity index is 1530. The van der Waals surface area contributed by atoms with Gasteiger partial charge in [-0.25, -0.2) is 23.6 Å². The Morgan fingerprint density at radius 3 is 2.38 bits per heavy atom. The maximum Gasteiger partial charge on any atom is 0.415 e. The van der Waals surface area contributed by atoms with E-state index in [1.165, 1.54) is 13.8 Å². The van der Waals surface area contributed by atoms with Crippen molar-refractivity contribution in [3.63, 3.8) is 0 Å². The van der Waals surface area contributed by atoms with Gasteiger partial charge in [0.1, 0.15) is 11.6 Å². The van der Waals surface area contributed by atoms with Crippen molar-refractivity contribution in [2.45, 2.75) is 38.9 Å². The molecule has 16 heteroatoms. The van der Waals surface area contributed by atoms with Crippen LogP contribution in [0.3, 0.4) is 0 Å². The molecule has 0 radical (unpaired) electrons. The fraction of sp³-hybridized carbons (Fsp3) is 0.286.